The molecular formula is C15H19N5. The Bertz CT molecular complexity index is 697. The molecule has 0 bridgehead atoms. The number of aryl methyl sites for hydroxylation is 1. The van der Waals surface area contributed by atoms with Gasteiger partial charge in [-0.3, -0.25) is 0 Å². The van der Waals surface area contributed by atoms with Crippen LogP contribution in [0.3, 0.4) is 0 Å². The van der Waals surface area contributed by atoms with E-state index in [1.807, 2.05) is 22.9 Å². The SMILES string of the molecule is CCCn1cnnc1[C@H](N)Cc1c[nH]c2ccccc12. The highest BCUT2D eigenvalue weighted by Crippen LogP contribution is 2.22. The standard InChI is InChI=1S/C15H19N5/c1-2-7-20-10-18-19-15(20)13(16)8-11-9-17-14-6-4-3-5-12(11)14/h3-6,9-10,13,17H,2,7-8,16H2,1H3/t13-/m1/s1. The van der Waals surface area contributed by atoms with Gasteiger partial charge < -0.3 is 15.3 Å². The number of nitrogens with one attached hydrogen (secondary N) is 1. The smallest absolute Gasteiger partial charge is 0.150 e. The zero-order chi connectivity index (χ0) is 13.9. The molecule has 5 heteroatoms. The molecule has 0 saturated heterocycles. The summed E-state index contributed by atoms with van der Waals surface area (Å²) in [5, 5.41) is 9.38. The van der Waals surface area contributed by atoms with Crippen molar-refractivity contribution in [2.45, 2.75) is 32.4 Å². The summed E-state index contributed by atoms with van der Waals surface area (Å²) < 4.78 is 2.04. The van der Waals surface area contributed by atoms with Crippen LogP contribution in [0.1, 0.15) is 30.8 Å². The topological polar surface area (TPSA) is 72.5 Å². The van der Waals surface area contributed by atoms with Crippen LogP contribution in [-0.4, -0.2) is 19.7 Å². The predicted molar refractivity (Wildman–Crippen MR) is 79.2 cm³/mol. The van der Waals surface area contributed by atoms with E-state index in [4.69, 9.17) is 5.73 Å². The average Bonchev–Trinajstić information content (AvgIpc) is 3.07. The molecule has 5 nitrogen and oxygen atoms in total. The van der Waals surface area contributed by atoms with Crippen LogP contribution in [0, 0.1) is 0 Å². The number of rotatable bonds is 5. The third-order valence-electron chi connectivity index (χ3n) is 3.56. The van der Waals surface area contributed by atoms with Gasteiger partial charge in [0.15, 0.2) is 0 Å². The van der Waals surface area contributed by atoms with E-state index < -0.39 is 0 Å². The number of para-hydroxylation sites is 1. The molecule has 0 spiro atoms. The van der Waals surface area contributed by atoms with Gasteiger partial charge in [0.05, 0.1) is 6.04 Å². The van der Waals surface area contributed by atoms with E-state index >= 15 is 0 Å². The molecule has 0 radical (unpaired) electrons. The Morgan fingerprint density at radius 3 is 3.05 bits per heavy atom. The summed E-state index contributed by atoms with van der Waals surface area (Å²) in [6.45, 7) is 3.04. The molecule has 2 heterocycles. The number of hydrogen-bond donors (Lipinski definition) is 2. The highest BCUT2D eigenvalue weighted by atomic mass is 15.3. The molecule has 0 saturated carbocycles. The first kappa shape index (κ1) is 12.9. The maximum atomic E-state index is 6.32. The molecule has 0 aliphatic carbocycles. The van der Waals surface area contributed by atoms with Crippen LogP contribution >= 0.6 is 0 Å². The van der Waals surface area contributed by atoms with Crippen LogP contribution in [0.15, 0.2) is 36.8 Å². The molecule has 20 heavy (non-hydrogen) atoms. The first-order valence-corrected chi connectivity index (χ1v) is 6.98. The molecular weight excluding hydrogens is 250 g/mol. The fourth-order valence-corrected chi connectivity index (χ4v) is 2.59. The van der Waals surface area contributed by atoms with Crippen LogP contribution in [0.4, 0.5) is 0 Å². The predicted octanol–water partition coefficient (Wildman–Crippen LogP) is 2.41. The summed E-state index contributed by atoms with van der Waals surface area (Å²) in [6.07, 6.45) is 5.59. The average molecular weight is 269 g/mol. The van der Waals surface area contributed by atoms with Crippen molar-refractivity contribution in [2.24, 2.45) is 5.73 Å². The fraction of sp³-hybridized carbons (Fsp3) is 0.333. The second kappa shape index (κ2) is 5.46. The molecule has 2 aromatic heterocycles. The van der Waals surface area contributed by atoms with Gasteiger partial charge in [-0.25, -0.2) is 0 Å². The minimum Gasteiger partial charge on any atom is -0.361 e. The van der Waals surface area contributed by atoms with Gasteiger partial charge in [-0.15, -0.1) is 10.2 Å². The highest BCUT2D eigenvalue weighted by Gasteiger charge is 2.15. The van der Waals surface area contributed by atoms with Crippen molar-refractivity contribution in [3.63, 3.8) is 0 Å². The second-order valence-corrected chi connectivity index (χ2v) is 5.05. The number of fused-ring (bicyclic) bond motifs is 1. The van der Waals surface area contributed by atoms with Gasteiger partial charge in [0, 0.05) is 23.6 Å². The zero-order valence-electron chi connectivity index (χ0n) is 11.6. The lowest BCUT2D eigenvalue weighted by Gasteiger charge is -2.12. The fourth-order valence-electron chi connectivity index (χ4n) is 2.59. The van der Waals surface area contributed by atoms with Gasteiger partial charge in [-0.05, 0) is 24.5 Å². The van der Waals surface area contributed by atoms with E-state index in [-0.39, 0.29) is 6.04 Å². The van der Waals surface area contributed by atoms with Crippen molar-refractivity contribution >= 4 is 10.9 Å². The van der Waals surface area contributed by atoms with Crippen molar-refractivity contribution in [1.82, 2.24) is 19.7 Å². The molecule has 3 aromatic rings. The van der Waals surface area contributed by atoms with E-state index in [1.165, 1.54) is 10.9 Å². The quantitative estimate of drug-likeness (QED) is 0.747. The lowest BCUT2D eigenvalue weighted by atomic mass is 10.1. The first-order chi connectivity index (χ1) is 9.79. The van der Waals surface area contributed by atoms with E-state index in [9.17, 15) is 0 Å². The van der Waals surface area contributed by atoms with Crippen molar-refractivity contribution in [3.8, 4) is 0 Å². The monoisotopic (exact) mass is 269 g/mol. The minimum absolute atomic E-state index is 0.136. The van der Waals surface area contributed by atoms with Crippen molar-refractivity contribution in [1.29, 1.82) is 0 Å². The number of H-pyrrole nitrogens is 1. The maximum absolute atomic E-state index is 6.32. The van der Waals surface area contributed by atoms with E-state index in [1.54, 1.807) is 6.33 Å². The van der Waals surface area contributed by atoms with E-state index in [2.05, 4.69) is 34.2 Å². The van der Waals surface area contributed by atoms with E-state index in [0.29, 0.717) is 0 Å². The van der Waals surface area contributed by atoms with Gasteiger partial charge in [-0.1, -0.05) is 25.1 Å². The molecule has 0 aliphatic rings. The van der Waals surface area contributed by atoms with Crippen LogP contribution in [0.2, 0.25) is 0 Å². The third kappa shape index (κ3) is 2.32. The van der Waals surface area contributed by atoms with Gasteiger partial charge >= 0.3 is 0 Å². The van der Waals surface area contributed by atoms with Gasteiger partial charge in [0.1, 0.15) is 12.2 Å². The van der Waals surface area contributed by atoms with E-state index in [0.717, 1.165) is 30.7 Å². The Kier molecular flexibility index (Phi) is 3.52. The van der Waals surface area contributed by atoms with Crippen LogP contribution in [-0.2, 0) is 13.0 Å². The van der Waals surface area contributed by atoms with Crippen LogP contribution in [0.5, 0.6) is 0 Å². The van der Waals surface area contributed by atoms with Crippen LogP contribution in [0.25, 0.3) is 10.9 Å². The molecule has 0 fully saturated rings. The Hall–Kier alpha value is -2.14. The lowest BCUT2D eigenvalue weighted by Crippen LogP contribution is -2.19. The van der Waals surface area contributed by atoms with Crippen LogP contribution < -0.4 is 5.73 Å². The highest BCUT2D eigenvalue weighted by molar-refractivity contribution is 5.83. The molecule has 104 valence electrons. The Morgan fingerprint density at radius 1 is 1.35 bits per heavy atom. The molecule has 1 aromatic carbocycles. The molecule has 0 aliphatic heterocycles. The summed E-state index contributed by atoms with van der Waals surface area (Å²) in [6, 6.07) is 8.13. The molecule has 0 unspecified atom stereocenters. The second-order valence-electron chi connectivity index (χ2n) is 5.05. The maximum Gasteiger partial charge on any atom is 0.150 e. The summed E-state index contributed by atoms with van der Waals surface area (Å²) >= 11 is 0. The van der Waals surface area contributed by atoms with Crippen molar-refractivity contribution in [3.05, 3.63) is 48.2 Å². The zero-order valence-corrected chi connectivity index (χ0v) is 11.6. The summed E-state index contributed by atoms with van der Waals surface area (Å²) in [5.41, 5.74) is 8.68. The number of aromatic amines is 1. The summed E-state index contributed by atoms with van der Waals surface area (Å²) in [7, 11) is 0. The number of nitrogens with zero attached hydrogens (tertiary/aromatic N) is 3. The normalized spacial score (nSPS) is 12.9. The van der Waals surface area contributed by atoms with Gasteiger partial charge in [0.2, 0.25) is 0 Å². The van der Waals surface area contributed by atoms with Gasteiger partial charge in [0.25, 0.3) is 0 Å². The number of aromatic nitrogens is 4. The number of benzene rings is 1. The Morgan fingerprint density at radius 2 is 2.20 bits per heavy atom. The Labute approximate surface area is 117 Å². The molecule has 3 N–H and O–H groups in total. The molecule has 0 amide bonds. The number of hydrogen-bond acceptors (Lipinski definition) is 3. The third-order valence-corrected chi connectivity index (χ3v) is 3.56. The largest absolute Gasteiger partial charge is 0.361 e. The van der Waals surface area contributed by atoms with Gasteiger partial charge in [-0.2, -0.15) is 0 Å². The first-order valence-electron chi connectivity index (χ1n) is 6.98. The summed E-state index contributed by atoms with van der Waals surface area (Å²) in [4.78, 5) is 3.28. The van der Waals surface area contributed by atoms with Crippen molar-refractivity contribution < 1.29 is 0 Å². The summed E-state index contributed by atoms with van der Waals surface area (Å²) in [5.74, 6) is 0.858. The number of nitrogens with two attached hydrogens (primary N) is 1. The molecule has 3 rings (SSSR count). The lowest BCUT2D eigenvalue weighted by molar-refractivity contribution is 0.575. The molecule has 1 atom stereocenters. The minimum atomic E-state index is -0.136. The van der Waals surface area contributed by atoms with Crippen molar-refractivity contribution in [2.75, 3.05) is 0 Å². The Balaban J connectivity index is 1.85.